The maximum atomic E-state index is 12.1. The zero-order chi connectivity index (χ0) is 15.4. The van der Waals surface area contributed by atoms with Crippen LogP contribution in [0.25, 0.3) is 0 Å². The van der Waals surface area contributed by atoms with Crippen molar-refractivity contribution in [3.05, 3.63) is 48.3 Å². The van der Waals surface area contributed by atoms with Crippen LogP contribution in [0.15, 0.2) is 42.6 Å². The predicted molar refractivity (Wildman–Crippen MR) is 84.5 cm³/mol. The summed E-state index contributed by atoms with van der Waals surface area (Å²) < 4.78 is 31.6. The van der Waals surface area contributed by atoms with Gasteiger partial charge in [0.2, 0.25) is 0 Å². The van der Waals surface area contributed by atoms with Crippen molar-refractivity contribution in [2.75, 3.05) is 12.4 Å². The minimum absolute atomic E-state index is 0.00180. The Morgan fingerprint density at radius 3 is 2.64 bits per heavy atom. The van der Waals surface area contributed by atoms with E-state index in [0.29, 0.717) is 17.5 Å². The van der Waals surface area contributed by atoms with E-state index in [-0.39, 0.29) is 18.1 Å². The molecule has 0 unspecified atom stereocenters. The lowest BCUT2D eigenvalue weighted by Crippen LogP contribution is -2.19. The number of hydrogen-bond acceptors (Lipinski definition) is 4. The first kappa shape index (κ1) is 15.1. The van der Waals surface area contributed by atoms with Gasteiger partial charge in [0.1, 0.15) is 12.4 Å². The lowest BCUT2D eigenvalue weighted by atomic mass is 9.93. The van der Waals surface area contributed by atoms with Gasteiger partial charge >= 0.3 is 0 Å². The summed E-state index contributed by atoms with van der Waals surface area (Å²) in [7, 11) is -3.21. The molecule has 2 aromatic rings. The van der Waals surface area contributed by atoms with Gasteiger partial charge < -0.3 is 4.74 Å². The minimum Gasteiger partial charge on any atom is -0.493 e. The summed E-state index contributed by atoms with van der Waals surface area (Å²) in [5.41, 5.74) is 0.617. The van der Waals surface area contributed by atoms with Crippen molar-refractivity contribution in [2.45, 2.75) is 31.1 Å². The van der Waals surface area contributed by atoms with E-state index >= 15 is 0 Å². The Balaban J connectivity index is 1.51. The van der Waals surface area contributed by atoms with Crippen LogP contribution in [0, 0.1) is 0 Å². The van der Waals surface area contributed by atoms with Crippen LogP contribution in [0.2, 0.25) is 0 Å². The molecule has 1 fully saturated rings. The minimum atomic E-state index is -3.21. The third-order valence-corrected chi connectivity index (χ3v) is 5.41. The van der Waals surface area contributed by atoms with E-state index in [1.807, 2.05) is 41.2 Å². The molecule has 1 heterocycles. The van der Waals surface area contributed by atoms with E-state index < -0.39 is 9.84 Å². The van der Waals surface area contributed by atoms with Gasteiger partial charge in [-0.2, -0.15) is 5.10 Å². The molecule has 1 aromatic carbocycles. The normalized spacial score (nSPS) is 15.5. The molecule has 0 saturated heterocycles. The monoisotopic (exact) mass is 320 g/mol. The van der Waals surface area contributed by atoms with Crippen LogP contribution in [-0.4, -0.2) is 30.6 Å². The maximum absolute atomic E-state index is 12.1. The zero-order valence-electron chi connectivity index (χ0n) is 12.4. The smallest absolute Gasteiger partial charge is 0.159 e. The fourth-order valence-electron chi connectivity index (χ4n) is 2.41. The molecule has 0 amide bonds. The van der Waals surface area contributed by atoms with Gasteiger partial charge in [0, 0.05) is 6.20 Å². The number of para-hydroxylation sites is 1. The van der Waals surface area contributed by atoms with E-state index in [1.54, 1.807) is 6.07 Å². The Kier molecular flexibility index (Phi) is 4.47. The maximum Gasteiger partial charge on any atom is 0.159 e. The highest BCUT2D eigenvalue weighted by molar-refractivity contribution is 7.90. The fraction of sp³-hybridized carbons (Fsp3) is 0.438. The molecule has 22 heavy (non-hydrogen) atoms. The molecule has 0 atom stereocenters. The average Bonchev–Trinajstić information content (AvgIpc) is 2.85. The van der Waals surface area contributed by atoms with Crippen LogP contribution in [0.1, 0.15) is 31.0 Å². The highest BCUT2D eigenvalue weighted by Gasteiger charge is 2.21. The van der Waals surface area contributed by atoms with Crippen molar-refractivity contribution in [2.24, 2.45) is 0 Å². The van der Waals surface area contributed by atoms with Crippen molar-refractivity contribution >= 4 is 9.84 Å². The van der Waals surface area contributed by atoms with E-state index in [9.17, 15) is 8.42 Å². The quantitative estimate of drug-likeness (QED) is 0.787. The van der Waals surface area contributed by atoms with Gasteiger partial charge in [-0.3, -0.25) is 4.68 Å². The molecule has 6 heteroatoms. The van der Waals surface area contributed by atoms with E-state index in [1.165, 1.54) is 6.42 Å². The van der Waals surface area contributed by atoms with Crippen molar-refractivity contribution < 1.29 is 13.2 Å². The first-order valence-corrected chi connectivity index (χ1v) is 9.37. The van der Waals surface area contributed by atoms with Gasteiger partial charge in [0.25, 0.3) is 0 Å². The Morgan fingerprint density at radius 2 is 1.95 bits per heavy atom. The van der Waals surface area contributed by atoms with Crippen LogP contribution in [0.5, 0.6) is 5.75 Å². The highest BCUT2D eigenvalue weighted by Crippen LogP contribution is 2.30. The van der Waals surface area contributed by atoms with E-state index in [4.69, 9.17) is 4.74 Å². The lowest BCUT2D eigenvalue weighted by Gasteiger charge is -2.25. The summed E-state index contributed by atoms with van der Waals surface area (Å²) >= 11 is 0. The Morgan fingerprint density at radius 1 is 1.18 bits per heavy atom. The molecule has 0 N–H and O–H groups in total. The average molecular weight is 320 g/mol. The molecular weight excluding hydrogens is 300 g/mol. The second-order valence-corrected chi connectivity index (χ2v) is 7.81. The summed E-state index contributed by atoms with van der Waals surface area (Å²) in [4.78, 5) is 0. The largest absolute Gasteiger partial charge is 0.493 e. The number of ether oxygens (including phenoxy) is 1. The van der Waals surface area contributed by atoms with Crippen LogP contribution >= 0.6 is 0 Å². The molecule has 0 bridgehead atoms. The Bertz CT molecular complexity index is 706. The molecule has 1 saturated carbocycles. The molecule has 0 aliphatic heterocycles. The Hall–Kier alpha value is -1.82. The number of nitrogens with zero attached hydrogens (tertiary/aromatic N) is 2. The van der Waals surface area contributed by atoms with Crippen molar-refractivity contribution in [1.29, 1.82) is 0 Å². The molecule has 0 radical (unpaired) electrons. The van der Waals surface area contributed by atoms with Crippen LogP contribution in [-0.2, 0) is 15.6 Å². The first-order valence-electron chi connectivity index (χ1n) is 7.55. The topological polar surface area (TPSA) is 61.2 Å². The van der Waals surface area contributed by atoms with Gasteiger partial charge in [0.05, 0.1) is 23.2 Å². The van der Waals surface area contributed by atoms with E-state index in [0.717, 1.165) is 12.8 Å². The van der Waals surface area contributed by atoms with Gasteiger partial charge in [0.15, 0.2) is 9.84 Å². The third kappa shape index (κ3) is 3.88. The van der Waals surface area contributed by atoms with E-state index in [2.05, 4.69) is 5.10 Å². The van der Waals surface area contributed by atoms with Crippen molar-refractivity contribution in [3.63, 3.8) is 0 Å². The summed E-state index contributed by atoms with van der Waals surface area (Å²) in [6, 6.07) is 11.5. The molecule has 3 rings (SSSR count). The fourth-order valence-corrected chi connectivity index (χ4v) is 3.50. The number of hydrogen-bond donors (Lipinski definition) is 0. The highest BCUT2D eigenvalue weighted by atomic mass is 32.2. The van der Waals surface area contributed by atoms with Crippen LogP contribution < -0.4 is 4.74 Å². The van der Waals surface area contributed by atoms with Crippen LogP contribution in [0.3, 0.4) is 0 Å². The number of rotatable bonds is 7. The Labute approximate surface area is 130 Å². The second kappa shape index (κ2) is 6.52. The number of benzene rings is 1. The van der Waals surface area contributed by atoms with Gasteiger partial charge in [-0.15, -0.1) is 0 Å². The second-order valence-electron chi connectivity index (χ2n) is 5.63. The molecular formula is C16H20N2O3S. The zero-order valence-corrected chi connectivity index (χ0v) is 13.2. The SMILES string of the molecule is O=S(=O)(CCOc1ccccc1)Cc1ccn(C2CCC2)n1. The molecule has 5 nitrogen and oxygen atoms in total. The van der Waals surface area contributed by atoms with Gasteiger partial charge in [-0.1, -0.05) is 18.2 Å². The first-order chi connectivity index (χ1) is 10.6. The predicted octanol–water partition coefficient (Wildman–Crippen LogP) is 2.60. The standard InChI is InChI=1S/C16H20N2O3S/c19-22(20,12-11-21-16-7-2-1-3-8-16)13-14-9-10-18(17-14)15-5-4-6-15/h1-3,7-10,15H,4-6,11-13H2. The number of sulfone groups is 1. The third-order valence-electron chi connectivity index (χ3n) is 3.89. The molecule has 1 aromatic heterocycles. The summed E-state index contributed by atoms with van der Waals surface area (Å²) in [6.45, 7) is 0.162. The summed E-state index contributed by atoms with van der Waals surface area (Å²) in [5, 5.41) is 4.38. The molecule has 0 spiro atoms. The van der Waals surface area contributed by atoms with Gasteiger partial charge in [-0.05, 0) is 37.5 Å². The van der Waals surface area contributed by atoms with Crippen molar-refractivity contribution in [1.82, 2.24) is 9.78 Å². The summed E-state index contributed by atoms with van der Waals surface area (Å²) in [5.74, 6) is 0.662. The summed E-state index contributed by atoms with van der Waals surface area (Å²) in [6.07, 6.45) is 5.39. The number of aromatic nitrogens is 2. The lowest BCUT2D eigenvalue weighted by molar-refractivity contribution is 0.288. The van der Waals surface area contributed by atoms with Gasteiger partial charge in [-0.25, -0.2) is 8.42 Å². The molecule has 118 valence electrons. The molecule has 1 aliphatic rings. The van der Waals surface area contributed by atoms with Crippen molar-refractivity contribution in [3.8, 4) is 5.75 Å². The van der Waals surface area contributed by atoms with Crippen LogP contribution in [0.4, 0.5) is 0 Å². The molecule has 1 aliphatic carbocycles.